The van der Waals surface area contributed by atoms with Gasteiger partial charge in [0, 0.05) is 12.0 Å². The van der Waals surface area contributed by atoms with Gasteiger partial charge in [-0.2, -0.15) is 0 Å². The molecule has 2 rings (SSSR count). The molecule has 1 atom stereocenters. The van der Waals surface area contributed by atoms with Crippen LogP contribution in [-0.2, 0) is 4.79 Å². The van der Waals surface area contributed by atoms with Crippen LogP contribution in [0, 0.1) is 17.3 Å². The minimum absolute atomic E-state index is 0.244. The Bertz CT molecular complexity index is 382. The Hall–Kier alpha value is -0.850. The van der Waals surface area contributed by atoms with E-state index in [9.17, 15) is 4.79 Å². The van der Waals surface area contributed by atoms with Gasteiger partial charge in [0.05, 0.1) is 0 Å². The molecule has 0 aromatic rings. The third-order valence-corrected chi connectivity index (χ3v) is 4.87. The second-order valence-electron chi connectivity index (χ2n) is 7.98. The van der Waals surface area contributed by atoms with Gasteiger partial charge in [0.2, 0.25) is 0 Å². The van der Waals surface area contributed by atoms with Crippen molar-refractivity contribution in [2.45, 2.75) is 72.1 Å². The van der Waals surface area contributed by atoms with Crippen molar-refractivity contribution in [3.63, 3.8) is 0 Å². The minimum Gasteiger partial charge on any atom is -0.294 e. The molecule has 0 heterocycles. The van der Waals surface area contributed by atoms with Crippen LogP contribution in [0.25, 0.3) is 0 Å². The highest BCUT2D eigenvalue weighted by molar-refractivity contribution is 6.00. The van der Waals surface area contributed by atoms with Gasteiger partial charge in [0.15, 0.2) is 5.78 Å². The van der Waals surface area contributed by atoms with Crippen LogP contribution < -0.4 is 0 Å². The highest BCUT2D eigenvalue weighted by atomic mass is 16.1. The van der Waals surface area contributed by atoms with Gasteiger partial charge >= 0.3 is 0 Å². The van der Waals surface area contributed by atoms with Crippen LogP contribution in [0.5, 0.6) is 0 Å². The molecule has 2 saturated carbocycles. The van der Waals surface area contributed by atoms with Crippen LogP contribution >= 0.6 is 0 Å². The third-order valence-electron chi connectivity index (χ3n) is 4.87. The lowest BCUT2D eigenvalue weighted by molar-refractivity contribution is -0.117. The van der Waals surface area contributed by atoms with Crippen molar-refractivity contribution in [1.29, 1.82) is 0 Å². The molecule has 0 N–H and O–H groups in total. The summed E-state index contributed by atoms with van der Waals surface area (Å²) < 4.78 is 0. The Morgan fingerprint density at radius 3 is 2.30 bits per heavy atom. The van der Waals surface area contributed by atoms with Gasteiger partial charge in [-0.15, -0.1) is 0 Å². The first-order valence-electron chi connectivity index (χ1n) is 8.28. The highest BCUT2D eigenvalue weighted by Crippen LogP contribution is 2.40. The van der Waals surface area contributed by atoms with Gasteiger partial charge in [0.25, 0.3) is 0 Å². The number of rotatable bonds is 2. The average molecular weight is 274 g/mol. The van der Waals surface area contributed by atoms with Crippen LogP contribution in [0.15, 0.2) is 23.8 Å². The Kier molecular flexibility index (Phi) is 4.88. The summed E-state index contributed by atoms with van der Waals surface area (Å²) in [5, 5.41) is 0. The van der Waals surface area contributed by atoms with Crippen molar-refractivity contribution < 1.29 is 4.79 Å². The molecule has 0 bridgehead atoms. The largest absolute Gasteiger partial charge is 0.294 e. The maximum atomic E-state index is 12.4. The zero-order valence-electron chi connectivity index (χ0n) is 13.5. The second kappa shape index (κ2) is 6.28. The lowest BCUT2D eigenvalue weighted by Gasteiger charge is -2.34. The molecule has 2 aliphatic rings. The topological polar surface area (TPSA) is 17.1 Å². The number of hydrogen-bond acceptors (Lipinski definition) is 1. The Labute approximate surface area is 124 Å². The van der Waals surface area contributed by atoms with E-state index in [1.165, 1.54) is 32.1 Å². The zero-order valence-corrected chi connectivity index (χ0v) is 13.5. The molecule has 112 valence electrons. The van der Waals surface area contributed by atoms with Crippen LogP contribution in [0.4, 0.5) is 0 Å². The van der Waals surface area contributed by atoms with Gasteiger partial charge in [-0.05, 0) is 35.7 Å². The van der Waals surface area contributed by atoms with Crippen molar-refractivity contribution in [1.82, 2.24) is 0 Å². The van der Waals surface area contributed by atoms with Crippen LogP contribution in [0.2, 0.25) is 0 Å². The Morgan fingerprint density at radius 2 is 1.75 bits per heavy atom. The van der Waals surface area contributed by atoms with Crippen molar-refractivity contribution in [2.75, 3.05) is 0 Å². The molecule has 0 saturated heterocycles. The van der Waals surface area contributed by atoms with Crippen LogP contribution in [0.1, 0.15) is 72.1 Å². The molecule has 0 amide bonds. The molecule has 1 unspecified atom stereocenters. The Morgan fingerprint density at radius 1 is 1.10 bits per heavy atom. The summed E-state index contributed by atoms with van der Waals surface area (Å²) in [7, 11) is 0. The maximum Gasteiger partial charge on any atom is 0.163 e. The number of carbonyl (C=O) groups excluding carboxylic acids is 1. The van der Waals surface area contributed by atoms with Gasteiger partial charge in [-0.3, -0.25) is 4.79 Å². The second-order valence-corrected chi connectivity index (χ2v) is 7.98. The van der Waals surface area contributed by atoms with Crippen LogP contribution in [0.3, 0.4) is 0 Å². The Balaban J connectivity index is 2.01. The minimum atomic E-state index is 0.244. The molecule has 0 aromatic carbocycles. The van der Waals surface area contributed by atoms with Crippen LogP contribution in [-0.4, -0.2) is 5.78 Å². The summed E-state index contributed by atoms with van der Waals surface area (Å²) in [5.74, 6) is 1.69. The molecular weight excluding hydrogens is 244 g/mol. The van der Waals surface area contributed by atoms with E-state index in [1.54, 1.807) is 0 Å². The molecule has 1 heteroatoms. The number of allylic oxidation sites excluding steroid dienone is 3. The van der Waals surface area contributed by atoms with Gasteiger partial charge in [-0.25, -0.2) is 0 Å². The van der Waals surface area contributed by atoms with E-state index in [-0.39, 0.29) is 5.41 Å². The SMILES string of the molecule is C=C1CC(C2CCCCC2)CC(=O)/C1=C\CC(C)(C)C. The first-order valence-corrected chi connectivity index (χ1v) is 8.28. The smallest absolute Gasteiger partial charge is 0.163 e. The fraction of sp³-hybridized carbons (Fsp3) is 0.737. The average Bonchev–Trinajstić information content (AvgIpc) is 2.37. The first-order chi connectivity index (χ1) is 9.37. The monoisotopic (exact) mass is 274 g/mol. The van der Waals surface area contributed by atoms with E-state index in [0.29, 0.717) is 11.7 Å². The predicted octanol–water partition coefficient (Wildman–Crippen LogP) is 5.46. The van der Waals surface area contributed by atoms with Gasteiger partial charge in [0.1, 0.15) is 0 Å². The number of carbonyl (C=O) groups is 1. The molecule has 1 nitrogen and oxygen atoms in total. The first kappa shape index (κ1) is 15.5. The van der Waals surface area contributed by atoms with Crippen molar-refractivity contribution >= 4 is 5.78 Å². The summed E-state index contributed by atoms with van der Waals surface area (Å²) in [4.78, 5) is 12.4. The van der Waals surface area contributed by atoms with Gasteiger partial charge < -0.3 is 0 Å². The number of ketones is 1. The normalized spacial score (nSPS) is 28.1. The summed E-state index contributed by atoms with van der Waals surface area (Å²) in [5.41, 5.74) is 2.28. The van der Waals surface area contributed by atoms with Crippen molar-refractivity contribution in [2.24, 2.45) is 17.3 Å². The summed E-state index contributed by atoms with van der Waals surface area (Å²) in [6, 6.07) is 0. The van der Waals surface area contributed by atoms with Crippen molar-refractivity contribution in [3.8, 4) is 0 Å². The molecular formula is C19H30O. The lowest BCUT2D eigenvalue weighted by atomic mass is 9.70. The summed E-state index contributed by atoms with van der Waals surface area (Å²) >= 11 is 0. The zero-order chi connectivity index (χ0) is 14.8. The van der Waals surface area contributed by atoms with E-state index in [2.05, 4.69) is 33.4 Å². The van der Waals surface area contributed by atoms with E-state index in [0.717, 1.165) is 36.3 Å². The number of hydrogen-bond donors (Lipinski definition) is 0. The predicted molar refractivity (Wildman–Crippen MR) is 85.6 cm³/mol. The maximum absolute atomic E-state index is 12.4. The molecule has 0 spiro atoms. The van der Waals surface area contributed by atoms with E-state index >= 15 is 0 Å². The van der Waals surface area contributed by atoms with E-state index in [4.69, 9.17) is 0 Å². The quantitative estimate of drug-likeness (QED) is 0.611. The molecule has 0 aromatic heterocycles. The fourth-order valence-electron chi connectivity index (χ4n) is 3.65. The third kappa shape index (κ3) is 4.07. The van der Waals surface area contributed by atoms with Gasteiger partial charge in [-0.1, -0.05) is 65.5 Å². The van der Waals surface area contributed by atoms with Crippen molar-refractivity contribution in [3.05, 3.63) is 23.8 Å². The molecule has 20 heavy (non-hydrogen) atoms. The molecule has 2 aliphatic carbocycles. The summed E-state index contributed by atoms with van der Waals surface area (Å²) in [6.07, 6.45) is 11.7. The molecule has 0 aliphatic heterocycles. The lowest BCUT2D eigenvalue weighted by Crippen LogP contribution is -2.27. The molecule has 2 fully saturated rings. The standard InChI is InChI=1S/C19H30O/c1-14-12-16(15-8-6-5-7-9-15)13-18(20)17(14)10-11-19(2,3)4/h10,15-16H,1,5-9,11-13H2,2-4H3/b17-10-. The molecule has 0 radical (unpaired) electrons. The van der Waals surface area contributed by atoms with E-state index < -0.39 is 0 Å². The number of Topliss-reactive ketones (excluding diaryl/α,β-unsaturated/α-hetero) is 1. The fourth-order valence-corrected chi connectivity index (χ4v) is 3.65. The van der Waals surface area contributed by atoms with E-state index in [1.807, 2.05) is 0 Å². The highest BCUT2D eigenvalue weighted by Gasteiger charge is 2.32. The summed E-state index contributed by atoms with van der Waals surface area (Å²) in [6.45, 7) is 10.8.